The number of methoxy groups -OCH3 is 2. The first-order valence-electron chi connectivity index (χ1n) is 20.4. The van der Waals surface area contributed by atoms with Crippen LogP contribution >= 0.6 is 23.5 Å². The minimum Gasteiger partial charge on any atom is -0.497 e. The molecule has 308 valence electrons. The van der Waals surface area contributed by atoms with E-state index in [9.17, 15) is 9.59 Å². The Morgan fingerprint density at radius 3 is 2.09 bits per heavy atom. The van der Waals surface area contributed by atoms with Gasteiger partial charge in [-0.3, -0.25) is 14.4 Å². The number of ketones is 2. The Balaban J connectivity index is 1.45. The van der Waals surface area contributed by atoms with Crippen LogP contribution in [0.1, 0.15) is 71.8 Å². The molecule has 0 aromatic heterocycles. The average Bonchev–Trinajstić information content (AvgIpc) is 3.55. The molecule has 5 atom stereocenters. The van der Waals surface area contributed by atoms with Gasteiger partial charge in [0.1, 0.15) is 21.5 Å². The van der Waals surface area contributed by atoms with Crippen molar-refractivity contribution in [2.75, 3.05) is 38.9 Å². The van der Waals surface area contributed by atoms with Crippen molar-refractivity contribution in [3.05, 3.63) is 103 Å². The summed E-state index contributed by atoms with van der Waals surface area (Å²) >= 11 is 3.50. The van der Waals surface area contributed by atoms with Gasteiger partial charge in [0.25, 0.3) is 8.32 Å². The summed E-state index contributed by atoms with van der Waals surface area (Å²) in [6.45, 7) is 14.3. The largest absolute Gasteiger partial charge is 0.497 e. The fourth-order valence-electron chi connectivity index (χ4n) is 8.92. The maximum Gasteiger partial charge on any atom is 0.316 e. The Morgan fingerprint density at radius 2 is 1.54 bits per heavy atom. The van der Waals surface area contributed by atoms with Crippen LogP contribution < -0.4 is 15.1 Å². The first-order chi connectivity index (χ1) is 27.4. The van der Waals surface area contributed by atoms with E-state index in [0.717, 1.165) is 46.0 Å². The van der Waals surface area contributed by atoms with Crippen LogP contribution in [0.15, 0.2) is 97.6 Å². The molecule has 1 aliphatic carbocycles. The zero-order valence-corrected chi connectivity index (χ0v) is 37.3. The highest BCUT2D eigenvalue weighted by molar-refractivity contribution is 8.19. The van der Waals surface area contributed by atoms with E-state index in [1.807, 2.05) is 42.5 Å². The molecule has 1 heterocycles. The van der Waals surface area contributed by atoms with Crippen molar-refractivity contribution in [1.29, 1.82) is 0 Å². The van der Waals surface area contributed by atoms with Crippen molar-refractivity contribution < 1.29 is 33.0 Å². The number of carbonyl (C=O) groups is 3. The molecule has 57 heavy (non-hydrogen) atoms. The molecule has 0 amide bonds. The highest BCUT2D eigenvalue weighted by atomic mass is 32.2. The first-order valence-corrected chi connectivity index (χ1v) is 24.3. The summed E-state index contributed by atoms with van der Waals surface area (Å²) in [6.07, 6.45) is 5.63. The van der Waals surface area contributed by atoms with Gasteiger partial charge in [0.15, 0.2) is 5.78 Å². The lowest BCUT2D eigenvalue weighted by Crippen LogP contribution is -2.67. The van der Waals surface area contributed by atoms with Gasteiger partial charge in [-0.15, -0.1) is 30.1 Å². The number of esters is 1. The number of Topliss-reactive ketones (excluding diaryl/α,β-unsaturated/α-hetero) is 2. The van der Waals surface area contributed by atoms with Crippen molar-refractivity contribution in [3.8, 4) is 5.75 Å². The number of rotatable bonds is 20. The number of thioether (sulfide) groups is 2. The van der Waals surface area contributed by atoms with E-state index >= 15 is 4.79 Å². The third-order valence-electron chi connectivity index (χ3n) is 11.7. The van der Waals surface area contributed by atoms with Crippen molar-refractivity contribution in [2.45, 2.75) is 81.9 Å². The van der Waals surface area contributed by atoms with Crippen molar-refractivity contribution >= 4 is 59.8 Å². The van der Waals surface area contributed by atoms with E-state index in [0.29, 0.717) is 32.5 Å². The van der Waals surface area contributed by atoms with Gasteiger partial charge in [0.05, 0.1) is 20.8 Å². The molecule has 1 saturated carbocycles. The lowest BCUT2D eigenvalue weighted by atomic mass is 9.73. The molecular formula is C47H62O7S2Si. The minimum absolute atomic E-state index is 0.133. The third kappa shape index (κ3) is 10.5. The minimum atomic E-state index is -2.98. The van der Waals surface area contributed by atoms with Crippen LogP contribution in [0.3, 0.4) is 0 Å². The van der Waals surface area contributed by atoms with Gasteiger partial charge in [-0.2, -0.15) is 0 Å². The number of hydrogen-bond acceptors (Lipinski definition) is 9. The van der Waals surface area contributed by atoms with Crippen LogP contribution in [-0.4, -0.2) is 68.9 Å². The second kappa shape index (κ2) is 20.7. The number of allylic oxidation sites excluding steroid dienone is 1. The maximum atomic E-state index is 15.5. The topological polar surface area (TPSA) is 88.1 Å². The van der Waals surface area contributed by atoms with Gasteiger partial charge in [-0.1, -0.05) is 107 Å². The van der Waals surface area contributed by atoms with E-state index in [2.05, 4.69) is 82.8 Å². The smallest absolute Gasteiger partial charge is 0.316 e. The molecule has 3 aromatic rings. The molecule has 2 fully saturated rings. The zero-order chi connectivity index (χ0) is 41.1. The van der Waals surface area contributed by atoms with Crippen LogP contribution in [0.25, 0.3) is 0 Å². The lowest BCUT2D eigenvalue weighted by Gasteiger charge is -2.45. The predicted molar refractivity (Wildman–Crippen MR) is 237 cm³/mol. The lowest BCUT2D eigenvalue weighted by molar-refractivity contribution is -0.151. The summed E-state index contributed by atoms with van der Waals surface area (Å²) in [5.74, 6) is -0.281. The summed E-state index contributed by atoms with van der Waals surface area (Å²) in [7, 11) is 0.0176. The van der Waals surface area contributed by atoms with E-state index in [1.54, 1.807) is 30.6 Å². The van der Waals surface area contributed by atoms with Gasteiger partial charge in [0, 0.05) is 25.6 Å². The Morgan fingerprint density at radius 1 is 0.930 bits per heavy atom. The number of carbonyl (C=O) groups excluding carboxylic acids is 3. The molecule has 1 aliphatic heterocycles. The standard InChI is InChI=1S/C47H62O7S2Si/c1-8-9-21-40(44(49)47(55-28-16-29-56-47)31-34(2)26-27-53-32-35-22-24-37(51-6)25-23-35)42-36(30-41(48)43(42)45(50)52-7)33-54-57(46(3,4)5,38-17-12-10-13-18-38)39-19-14-11-15-20-39/h8,10-15,17-20,22-25,34,36,40,42-43H,1,9,16,21,26-33H2,2-7H3/t34-,36-,40-,42+,43-/m1/s1. The third-order valence-corrected chi connectivity index (χ3v) is 20.1. The molecule has 3 aromatic carbocycles. The molecule has 0 N–H and O–H groups in total. The van der Waals surface area contributed by atoms with Crippen LogP contribution in [0.5, 0.6) is 5.75 Å². The van der Waals surface area contributed by atoms with Gasteiger partial charge >= 0.3 is 5.97 Å². The molecule has 0 unspecified atom stereocenters. The predicted octanol–water partition coefficient (Wildman–Crippen LogP) is 8.92. The Hall–Kier alpha value is -3.15. The molecule has 1 saturated heterocycles. The van der Waals surface area contributed by atoms with E-state index in [1.165, 1.54) is 7.11 Å². The molecule has 2 aliphatic rings. The van der Waals surface area contributed by atoms with Crippen LogP contribution in [0, 0.1) is 29.6 Å². The van der Waals surface area contributed by atoms with E-state index in [-0.39, 0.29) is 41.5 Å². The quantitative estimate of drug-likeness (QED) is 0.0364. The second-order valence-electron chi connectivity index (χ2n) is 16.6. The highest BCUT2D eigenvalue weighted by Gasteiger charge is 2.57. The van der Waals surface area contributed by atoms with E-state index in [4.69, 9.17) is 18.6 Å². The zero-order valence-electron chi connectivity index (χ0n) is 34.7. The summed E-state index contributed by atoms with van der Waals surface area (Å²) < 4.78 is 23.4. The summed E-state index contributed by atoms with van der Waals surface area (Å²) in [4.78, 5) is 43.2. The number of benzene rings is 3. The van der Waals surface area contributed by atoms with Crippen LogP contribution in [0.2, 0.25) is 5.04 Å². The molecule has 0 radical (unpaired) electrons. The molecule has 0 bridgehead atoms. The second-order valence-corrected chi connectivity index (χ2v) is 24.0. The molecule has 5 rings (SSSR count). The fourth-order valence-corrected chi connectivity index (χ4v) is 17.2. The van der Waals surface area contributed by atoms with Gasteiger partial charge < -0.3 is 18.6 Å². The maximum absolute atomic E-state index is 15.5. The van der Waals surface area contributed by atoms with E-state index < -0.39 is 36.1 Å². The van der Waals surface area contributed by atoms with Crippen molar-refractivity contribution in [1.82, 2.24) is 0 Å². The number of hydrogen-bond donors (Lipinski definition) is 0. The molecule has 0 spiro atoms. The summed E-state index contributed by atoms with van der Waals surface area (Å²) in [6, 6.07) is 28.8. The fraction of sp³-hybridized carbons (Fsp3) is 0.511. The molecular weight excluding hydrogens is 769 g/mol. The van der Waals surface area contributed by atoms with Crippen LogP contribution in [-0.2, 0) is 34.9 Å². The first kappa shape index (κ1) is 44.9. The summed E-state index contributed by atoms with van der Waals surface area (Å²) in [5, 5.41) is 2.01. The monoisotopic (exact) mass is 830 g/mol. The highest BCUT2D eigenvalue weighted by Crippen LogP contribution is 2.53. The van der Waals surface area contributed by atoms with Crippen molar-refractivity contribution in [3.63, 3.8) is 0 Å². The van der Waals surface area contributed by atoms with Gasteiger partial charge in [0.2, 0.25) is 0 Å². The Labute approximate surface area is 350 Å². The Bertz CT molecular complexity index is 1720. The molecule has 10 heteroatoms. The average molecular weight is 831 g/mol. The van der Waals surface area contributed by atoms with Gasteiger partial charge in [-0.05, 0) is 94.5 Å². The summed E-state index contributed by atoms with van der Waals surface area (Å²) in [5.41, 5.74) is 1.08. The van der Waals surface area contributed by atoms with Crippen LogP contribution in [0.4, 0.5) is 0 Å². The molecule has 7 nitrogen and oxygen atoms in total. The van der Waals surface area contributed by atoms with Crippen molar-refractivity contribution in [2.24, 2.45) is 29.6 Å². The van der Waals surface area contributed by atoms with Gasteiger partial charge in [-0.25, -0.2) is 0 Å². The number of ether oxygens (including phenoxy) is 3. The normalized spacial score (nSPS) is 20.7. The SMILES string of the molecule is C=CCC[C@@H](C(=O)C1(C[C@H](C)CCOCc2ccc(OC)cc2)SCCCS1)[C@@H]1[C@@H](CO[Si](c2ccccc2)(c2ccccc2)C(C)(C)C)CC(=O)[C@H]1C(=O)OC. The Kier molecular flexibility index (Phi) is 16.3.